The van der Waals surface area contributed by atoms with Crippen LogP contribution in [0.3, 0.4) is 0 Å². The van der Waals surface area contributed by atoms with E-state index in [1.165, 1.54) is 17.0 Å². The van der Waals surface area contributed by atoms with Crippen molar-refractivity contribution in [2.45, 2.75) is 44.6 Å². The fraction of sp³-hybridized carbons (Fsp3) is 0.333. The van der Waals surface area contributed by atoms with Gasteiger partial charge in [0.15, 0.2) is 5.78 Å². The van der Waals surface area contributed by atoms with Crippen LogP contribution < -0.4 is 5.14 Å². The summed E-state index contributed by atoms with van der Waals surface area (Å²) < 4.78 is 23.1. The first-order chi connectivity index (χ1) is 13.0. The zero-order valence-electron chi connectivity index (χ0n) is 16.6. The number of hydrogen-bond acceptors (Lipinski definition) is 4. The highest BCUT2D eigenvalue weighted by Gasteiger charge is 2.20. The van der Waals surface area contributed by atoms with E-state index >= 15 is 0 Å². The monoisotopic (exact) mass is 402 g/mol. The second kappa shape index (κ2) is 8.67. The Morgan fingerprint density at radius 1 is 1.04 bits per heavy atom. The van der Waals surface area contributed by atoms with Crippen molar-refractivity contribution in [1.82, 2.24) is 4.90 Å². The van der Waals surface area contributed by atoms with Gasteiger partial charge in [0.2, 0.25) is 15.9 Å². The van der Waals surface area contributed by atoms with Crippen LogP contribution in [0.15, 0.2) is 47.4 Å². The number of amides is 1. The predicted octanol–water partition coefficient (Wildman–Crippen LogP) is 3.13. The van der Waals surface area contributed by atoms with E-state index in [9.17, 15) is 18.0 Å². The van der Waals surface area contributed by atoms with E-state index < -0.39 is 10.0 Å². The molecule has 2 N–H and O–H groups in total. The highest BCUT2D eigenvalue weighted by molar-refractivity contribution is 7.89. The molecule has 0 aliphatic heterocycles. The fourth-order valence-corrected chi connectivity index (χ4v) is 3.42. The lowest BCUT2D eigenvalue weighted by Crippen LogP contribution is -2.30. The fourth-order valence-electron chi connectivity index (χ4n) is 2.85. The van der Waals surface area contributed by atoms with Crippen molar-refractivity contribution in [2.24, 2.45) is 5.14 Å². The number of rotatable bonds is 7. The maximum absolute atomic E-state index is 12.5. The largest absolute Gasteiger partial charge is 0.339 e. The summed E-state index contributed by atoms with van der Waals surface area (Å²) >= 11 is 0. The zero-order valence-corrected chi connectivity index (χ0v) is 17.4. The van der Waals surface area contributed by atoms with Crippen molar-refractivity contribution in [3.8, 4) is 0 Å². The molecule has 1 unspecified atom stereocenters. The Morgan fingerprint density at radius 3 is 2.32 bits per heavy atom. The van der Waals surface area contributed by atoms with Gasteiger partial charge in [0.05, 0.1) is 10.9 Å². The maximum atomic E-state index is 12.5. The van der Waals surface area contributed by atoms with E-state index in [0.717, 1.165) is 11.1 Å². The van der Waals surface area contributed by atoms with Crippen LogP contribution in [-0.2, 0) is 14.8 Å². The molecule has 0 aliphatic rings. The SMILES string of the molecule is Cc1ccc(C(=O)CCC(=O)N(C)C(C)c2cccc(S(N)(=O)=O)c2)cc1C. The van der Waals surface area contributed by atoms with Crippen LogP contribution >= 0.6 is 0 Å². The summed E-state index contributed by atoms with van der Waals surface area (Å²) in [4.78, 5) is 26.4. The van der Waals surface area contributed by atoms with Crippen LogP contribution in [0.2, 0.25) is 0 Å². The first kappa shape index (κ1) is 21.8. The smallest absolute Gasteiger partial charge is 0.238 e. The van der Waals surface area contributed by atoms with E-state index in [1.54, 1.807) is 32.2 Å². The number of Topliss-reactive ketones (excluding diaryl/α,β-unsaturated/α-hetero) is 1. The number of ketones is 1. The molecular formula is C21H26N2O4S. The number of carbonyl (C=O) groups excluding carboxylic acids is 2. The number of nitrogens with two attached hydrogens (primary N) is 1. The average Bonchev–Trinajstić information content (AvgIpc) is 2.66. The topological polar surface area (TPSA) is 97.5 Å². The van der Waals surface area contributed by atoms with Gasteiger partial charge in [-0.2, -0.15) is 0 Å². The van der Waals surface area contributed by atoms with E-state index in [-0.39, 0.29) is 35.5 Å². The number of carbonyl (C=O) groups is 2. The number of benzene rings is 2. The van der Waals surface area contributed by atoms with Crippen molar-refractivity contribution in [3.63, 3.8) is 0 Å². The molecule has 0 saturated carbocycles. The molecule has 0 saturated heterocycles. The quantitative estimate of drug-likeness (QED) is 0.720. The molecule has 6 nitrogen and oxygen atoms in total. The molecular weight excluding hydrogens is 376 g/mol. The summed E-state index contributed by atoms with van der Waals surface area (Å²) in [5, 5.41) is 5.17. The number of aryl methyl sites for hydroxylation is 2. The van der Waals surface area contributed by atoms with Crippen molar-refractivity contribution in [2.75, 3.05) is 7.05 Å². The van der Waals surface area contributed by atoms with E-state index in [4.69, 9.17) is 5.14 Å². The number of nitrogens with zero attached hydrogens (tertiary/aromatic N) is 1. The Kier molecular flexibility index (Phi) is 6.74. The molecule has 0 spiro atoms. The third kappa shape index (κ3) is 5.27. The lowest BCUT2D eigenvalue weighted by molar-refractivity contribution is -0.131. The first-order valence-electron chi connectivity index (χ1n) is 8.99. The maximum Gasteiger partial charge on any atom is 0.238 e. The van der Waals surface area contributed by atoms with Gasteiger partial charge in [-0.3, -0.25) is 9.59 Å². The lowest BCUT2D eigenvalue weighted by atomic mass is 10.0. The van der Waals surface area contributed by atoms with Gasteiger partial charge in [-0.05, 0) is 55.7 Å². The highest BCUT2D eigenvalue weighted by atomic mass is 32.2. The average molecular weight is 403 g/mol. The van der Waals surface area contributed by atoms with E-state index in [0.29, 0.717) is 11.1 Å². The van der Waals surface area contributed by atoms with Crippen molar-refractivity contribution in [1.29, 1.82) is 0 Å². The summed E-state index contributed by atoms with van der Waals surface area (Å²) in [5.74, 6) is -0.264. The van der Waals surface area contributed by atoms with Gasteiger partial charge in [0.25, 0.3) is 0 Å². The van der Waals surface area contributed by atoms with Gasteiger partial charge in [-0.1, -0.05) is 24.3 Å². The molecule has 0 bridgehead atoms. The molecule has 2 aromatic rings. The van der Waals surface area contributed by atoms with Crippen LogP contribution in [0, 0.1) is 13.8 Å². The second-order valence-electron chi connectivity index (χ2n) is 7.02. The molecule has 2 rings (SSSR count). The minimum atomic E-state index is -3.81. The lowest BCUT2D eigenvalue weighted by Gasteiger charge is -2.25. The predicted molar refractivity (Wildman–Crippen MR) is 108 cm³/mol. The minimum absolute atomic E-state index is 0.00242. The van der Waals surface area contributed by atoms with Crippen LogP contribution in [0.5, 0.6) is 0 Å². The Hall–Kier alpha value is -2.51. The molecule has 0 radical (unpaired) electrons. The Morgan fingerprint density at radius 2 is 1.71 bits per heavy atom. The second-order valence-corrected chi connectivity index (χ2v) is 8.58. The summed E-state index contributed by atoms with van der Waals surface area (Å²) in [6.45, 7) is 5.72. The zero-order chi connectivity index (χ0) is 21.1. The molecule has 0 aromatic heterocycles. The van der Waals surface area contributed by atoms with Gasteiger partial charge in [-0.25, -0.2) is 13.6 Å². The first-order valence-corrected chi connectivity index (χ1v) is 10.5. The Balaban J connectivity index is 2.04. The van der Waals surface area contributed by atoms with Gasteiger partial charge >= 0.3 is 0 Å². The molecule has 0 heterocycles. The molecule has 150 valence electrons. The molecule has 28 heavy (non-hydrogen) atoms. The number of sulfonamides is 1. The van der Waals surface area contributed by atoms with Crippen LogP contribution in [0.25, 0.3) is 0 Å². The van der Waals surface area contributed by atoms with Crippen LogP contribution in [0.1, 0.15) is 52.9 Å². The minimum Gasteiger partial charge on any atom is -0.339 e. The molecule has 0 fully saturated rings. The van der Waals surface area contributed by atoms with E-state index in [2.05, 4.69) is 0 Å². The van der Waals surface area contributed by atoms with E-state index in [1.807, 2.05) is 26.0 Å². The summed E-state index contributed by atoms with van der Waals surface area (Å²) in [7, 11) is -2.18. The molecule has 1 amide bonds. The third-order valence-electron chi connectivity index (χ3n) is 5.04. The van der Waals surface area contributed by atoms with Crippen molar-refractivity contribution < 1.29 is 18.0 Å². The van der Waals surface area contributed by atoms with Crippen molar-refractivity contribution >= 4 is 21.7 Å². The molecule has 0 aliphatic carbocycles. The highest BCUT2D eigenvalue weighted by Crippen LogP contribution is 2.22. The number of hydrogen-bond donors (Lipinski definition) is 1. The Labute approximate surface area is 166 Å². The van der Waals surface area contributed by atoms with Gasteiger partial charge in [-0.15, -0.1) is 0 Å². The van der Waals surface area contributed by atoms with Gasteiger partial charge in [0, 0.05) is 25.5 Å². The molecule has 2 aromatic carbocycles. The normalized spacial score (nSPS) is 12.5. The molecule has 7 heteroatoms. The van der Waals surface area contributed by atoms with Gasteiger partial charge in [0.1, 0.15) is 0 Å². The summed E-state index contributed by atoms with van der Waals surface area (Å²) in [6.07, 6.45) is 0.205. The van der Waals surface area contributed by atoms with Crippen LogP contribution in [-0.4, -0.2) is 32.1 Å². The third-order valence-corrected chi connectivity index (χ3v) is 5.95. The summed E-state index contributed by atoms with van der Waals surface area (Å²) in [5.41, 5.74) is 3.41. The summed E-state index contributed by atoms with van der Waals surface area (Å²) in [6, 6.07) is 11.4. The molecule has 1 atom stereocenters. The Bertz CT molecular complexity index is 999. The van der Waals surface area contributed by atoms with Gasteiger partial charge < -0.3 is 4.90 Å². The number of primary sulfonamides is 1. The van der Waals surface area contributed by atoms with Crippen molar-refractivity contribution in [3.05, 3.63) is 64.7 Å². The van der Waals surface area contributed by atoms with Crippen LogP contribution in [0.4, 0.5) is 0 Å². The standard InChI is InChI=1S/C21H26N2O4S/c1-14-8-9-18(12-15(14)2)20(24)10-11-21(25)23(4)16(3)17-6-5-7-19(13-17)28(22,26)27/h5-9,12-13,16H,10-11H2,1-4H3,(H2,22,26,27).